The molecule has 1 amide bonds. The van der Waals surface area contributed by atoms with Crippen molar-refractivity contribution in [2.75, 3.05) is 18.5 Å². The molecule has 7 heteroatoms. The van der Waals surface area contributed by atoms with Crippen molar-refractivity contribution in [1.29, 1.82) is 0 Å². The van der Waals surface area contributed by atoms with Crippen molar-refractivity contribution >= 4 is 17.6 Å². The van der Waals surface area contributed by atoms with E-state index < -0.39 is 0 Å². The number of esters is 1. The summed E-state index contributed by atoms with van der Waals surface area (Å²) in [6.07, 6.45) is 0. The first-order valence-corrected chi connectivity index (χ1v) is 7.62. The molecule has 7 nitrogen and oxygen atoms in total. The number of nitrogens with one attached hydrogen (secondary N) is 1. The normalized spacial score (nSPS) is 10.3. The molecule has 2 rings (SSSR count). The summed E-state index contributed by atoms with van der Waals surface area (Å²) < 4.78 is 12.0. The van der Waals surface area contributed by atoms with Crippen LogP contribution in [0.15, 0.2) is 24.3 Å². The predicted molar refractivity (Wildman–Crippen MR) is 89.2 cm³/mol. The number of ether oxygens (including phenoxy) is 2. The monoisotopic (exact) mass is 331 g/mol. The smallest absolute Gasteiger partial charge is 0.338 e. The molecule has 1 aromatic carbocycles. The molecule has 0 saturated heterocycles. The molecule has 0 bridgehead atoms. The number of aryl methyl sites for hydroxylation is 2. The highest BCUT2D eigenvalue weighted by Gasteiger charge is 2.13. The maximum absolute atomic E-state index is 12.0. The van der Waals surface area contributed by atoms with Gasteiger partial charge in [0.05, 0.1) is 29.2 Å². The van der Waals surface area contributed by atoms with Gasteiger partial charge in [-0.1, -0.05) is 0 Å². The van der Waals surface area contributed by atoms with Gasteiger partial charge in [-0.3, -0.25) is 9.48 Å². The highest BCUT2D eigenvalue weighted by atomic mass is 16.5. The number of amides is 1. The summed E-state index contributed by atoms with van der Waals surface area (Å²) >= 11 is 0. The zero-order valence-corrected chi connectivity index (χ0v) is 14.3. The predicted octanol–water partition coefficient (Wildman–Crippen LogP) is 2.23. The molecule has 0 aliphatic heterocycles. The van der Waals surface area contributed by atoms with E-state index in [1.54, 1.807) is 35.9 Å². The third kappa shape index (κ3) is 4.13. The largest absolute Gasteiger partial charge is 0.484 e. The van der Waals surface area contributed by atoms with E-state index in [2.05, 4.69) is 10.4 Å². The number of rotatable bonds is 6. The zero-order valence-electron chi connectivity index (χ0n) is 14.3. The summed E-state index contributed by atoms with van der Waals surface area (Å²) in [5.74, 6) is -0.161. The average molecular weight is 331 g/mol. The lowest BCUT2D eigenvalue weighted by Gasteiger charge is -2.08. The van der Waals surface area contributed by atoms with Gasteiger partial charge in [-0.2, -0.15) is 5.10 Å². The topological polar surface area (TPSA) is 82.4 Å². The van der Waals surface area contributed by atoms with Gasteiger partial charge in [0.2, 0.25) is 0 Å². The molecule has 0 spiro atoms. The van der Waals surface area contributed by atoms with Gasteiger partial charge in [0, 0.05) is 7.05 Å². The van der Waals surface area contributed by atoms with Crippen LogP contribution in [-0.2, 0) is 16.6 Å². The number of carbonyl (C=O) groups excluding carboxylic acids is 2. The van der Waals surface area contributed by atoms with Crippen LogP contribution in [0.2, 0.25) is 0 Å². The lowest BCUT2D eigenvalue weighted by molar-refractivity contribution is -0.118. The highest BCUT2D eigenvalue weighted by molar-refractivity contribution is 5.93. The minimum Gasteiger partial charge on any atom is -0.484 e. The Balaban J connectivity index is 1.91. The molecule has 0 radical (unpaired) electrons. The fourth-order valence-corrected chi connectivity index (χ4v) is 2.18. The Morgan fingerprint density at radius 3 is 2.42 bits per heavy atom. The van der Waals surface area contributed by atoms with Crippen LogP contribution in [0.5, 0.6) is 5.75 Å². The third-order valence-electron chi connectivity index (χ3n) is 3.51. The Bertz CT molecular complexity index is 735. The van der Waals surface area contributed by atoms with Crippen molar-refractivity contribution in [1.82, 2.24) is 9.78 Å². The number of hydrogen-bond acceptors (Lipinski definition) is 5. The van der Waals surface area contributed by atoms with E-state index in [-0.39, 0.29) is 18.5 Å². The molecule has 0 aliphatic rings. The number of carbonyl (C=O) groups is 2. The minimum absolute atomic E-state index is 0.132. The summed E-state index contributed by atoms with van der Waals surface area (Å²) in [5.41, 5.74) is 2.76. The number of nitrogens with zero attached hydrogens (tertiary/aromatic N) is 2. The van der Waals surface area contributed by atoms with Crippen LogP contribution in [0.4, 0.5) is 5.69 Å². The number of benzene rings is 1. The molecular weight excluding hydrogens is 310 g/mol. The van der Waals surface area contributed by atoms with Crippen LogP contribution in [0.25, 0.3) is 0 Å². The van der Waals surface area contributed by atoms with Crippen LogP contribution in [0.1, 0.15) is 28.7 Å². The van der Waals surface area contributed by atoms with Crippen molar-refractivity contribution in [3.05, 3.63) is 41.2 Å². The Morgan fingerprint density at radius 2 is 1.88 bits per heavy atom. The van der Waals surface area contributed by atoms with Crippen molar-refractivity contribution < 1.29 is 19.1 Å². The van der Waals surface area contributed by atoms with Gasteiger partial charge in [0.15, 0.2) is 6.61 Å². The van der Waals surface area contributed by atoms with E-state index in [0.717, 1.165) is 11.4 Å². The minimum atomic E-state index is -0.385. The molecule has 0 aliphatic carbocycles. The molecule has 1 N–H and O–H groups in total. The summed E-state index contributed by atoms with van der Waals surface area (Å²) in [5, 5.41) is 7.04. The Hall–Kier alpha value is -2.83. The molecule has 2 aromatic rings. The van der Waals surface area contributed by atoms with Crippen LogP contribution >= 0.6 is 0 Å². The summed E-state index contributed by atoms with van der Waals surface area (Å²) in [7, 11) is 1.82. The fourth-order valence-electron chi connectivity index (χ4n) is 2.18. The molecular formula is C17H21N3O4. The highest BCUT2D eigenvalue weighted by Crippen LogP contribution is 2.18. The summed E-state index contributed by atoms with van der Waals surface area (Å²) in [6.45, 7) is 5.65. The second kappa shape index (κ2) is 7.63. The van der Waals surface area contributed by atoms with E-state index in [1.807, 2.05) is 20.9 Å². The second-order valence-electron chi connectivity index (χ2n) is 5.25. The van der Waals surface area contributed by atoms with Gasteiger partial charge in [-0.15, -0.1) is 0 Å². The van der Waals surface area contributed by atoms with Gasteiger partial charge >= 0.3 is 5.97 Å². The molecule has 0 atom stereocenters. The van der Waals surface area contributed by atoms with Crippen molar-refractivity contribution in [2.24, 2.45) is 7.05 Å². The Labute approximate surface area is 140 Å². The molecule has 0 unspecified atom stereocenters. The number of aromatic nitrogens is 2. The van der Waals surface area contributed by atoms with Crippen molar-refractivity contribution in [3.63, 3.8) is 0 Å². The van der Waals surface area contributed by atoms with E-state index in [9.17, 15) is 9.59 Å². The Morgan fingerprint density at radius 1 is 1.21 bits per heavy atom. The second-order valence-corrected chi connectivity index (χ2v) is 5.25. The summed E-state index contributed by atoms with van der Waals surface area (Å²) in [4.78, 5) is 23.6. The van der Waals surface area contributed by atoms with Crippen LogP contribution in [0, 0.1) is 13.8 Å². The SMILES string of the molecule is CCOC(=O)c1ccc(OCC(=O)Nc2c(C)nn(C)c2C)cc1. The maximum atomic E-state index is 12.0. The molecule has 1 heterocycles. The molecule has 0 saturated carbocycles. The van der Waals surface area contributed by atoms with E-state index in [0.29, 0.717) is 23.6 Å². The van der Waals surface area contributed by atoms with Crippen LogP contribution in [-0.4, -0.2) is 34.9 Å². The number of hydrogen-bond donors (Lipinski definition) is 1. The van der Waals surface area contributed by atoms with Gasteiger partial charge < -0.3 is 14.8 Å². The Kier molecular flexibility index (Phi) is 5.57. The first kappa shape index (κ1) is 17.5. The zero-order chi connectivity index (χ0) is 17.7. The molecule has 128 valence electrons. The quantitative estimate of drug-likeness (QED) is 0.821. The fraction of sp³-hybridized carbons (Fsp3) is 0.353. The summed E-state index contributed by atoms with van der Waals surface area (Å²) in [6, 6.07) is 6.45. The van der Waals surface area contributed by atoms with Gasteiger partial charge in [0.25, 0.3) is 5.91 Å². The van der Waals surface area contributed by atoms with E-state index in [4.69, 9.17) is 9.47 Å². The molecule has 24 heavy (non-hydrogen) atoms. The van der Waals surface area contributed by atoms with E-state index in [1.165, 1.54) is 0 Å². The van der Waals surface area contributed by atoms with Crippen LogP contribution < -0.4 is 10.1 Å². The average Bonchev–Trinajstić information content (AvgIpc) is 2.80. The first-order chi connectivity index (χ1) is 11.4. The number of anilines is 1. The van der Waals surface area contributed by atoms with Gasteiger partial charge in [0.1, 0.15) is 5.75 Å². The van der Waals surface area contributed by atoms with Gasteiger partial charge in [-0.25, -0.2) is 4.79 Å². The van der Waals surface area contributed by atoms with Crippen molar-refractivity contribution in [3.8, 4) is 5.75 Å². The first-order valence-electron chi connectivity index (χ1n) is 7.62. The lowest BCUT2D eigenvalue weighted by atomic mass is 10.2. The third-order valence-corrected chi connectivity index (χ3v) is 3.51. The molecule has 1 aromatic heterocycles. The van der Waals surface area contributed by atoms with Gasteiger partial charge in [-0.05, 0) is 45.0 Å². The van der Waals surface area contributed by atoms with E-state index >= 15 is 0 Å². The molecule has 0 fully saturated rings. The van der Waals surface area contributed by atoms with Crippen molar-refractivity contribution in [2.45, 2.75) is 20.8 Å². The maximum Gasteiger partial charge on any atom is 0.338 e. The van der Waals surface area contributed by atoms with Crippen LogP contribution in [0.3, 0.4) is 0 Å². The lowest BCUT2D eigenvalue weighted by Crippen LogP contribution is -2.21. The standard InChI is InChI=1S/C17H21N3O4/c1-5-23-17(22)13-6-8-14(9-7-13)24-10-15(21)18-16-11(2)19-20(4)12(16)3/h6-9H,5,10H2,1-4H3,(H,18,21).